The number of esters is 2. The van der Waals surface area contributed by atoms with Crippen LogP contribution in [-0.2, 0) is 29.1 Å². The number of carbonyl (C=O) groups excluding carboxylic acids is 2. The second-order valence-electron chi connectivity index (χ2n) is 10.5. The van der Waals surface area contributed by atoms with Crippen LogP contribution in [-0.4, -0.2) is 69.6 Å². The van der Waals surface area contributed by atoms with Crippen LogP contribution in [0.25, 0.3) is 0 Å². The summed E-state index contributed by atoms with van der Waals surface area (Å²) in [7, 11) is -2.35. The maximum Gasteiger partial charge on any atom is 0.337 e. The Bertz CT molecular complexity index is 1540. The minimum atomic E-state index is -3.58. The third-order valence-corrected chi connectivity index (χ3v) is 9.01. The van der Waals surface area contributed by atoms with Gasteiger partial charge in [0.2, 0.25) is 10.0 Å². The van der Waals surface area contributed by atoms with Gasteiger partial charge in [0.15, 0.2) is 0 Å². The predicted octanol–water partition coefficient (Wildman–Crippen LogP) is 3.38. The Hall–Kier alpha value is -4.07. The second-order valence-corrected chi connectivity index (χ2v) is 12.3. The molecule has 1 unspecified atom stereocenters. The van der Waals surface area contributed by atoms with Gasteiger partial charge in [0.05, 0.1) is 34.0 Å². The highest BCUT2D eigenvalue weighted by atomic mass is 32.2. The van der Waals surface area contributed by atoms with Crippen LogP contribution in [0.1, 0.15) is 44.6 Å². The molecule has 0 radical (unpaired) electrons. The largest absolute Gasteiger partial charge is 0.466 e. The van der Waals surface area contributed by atoms with E-state index in [0.29, 0.717) is 42.9 Å². The number of ether oxygens (including phenoxy) is 2. The number of piperidine rings is 1. The number of likely N-dealkylation sites (tertiary alicyclic amines) is 1. The molecule has 0 amide bonds. The molecule has 2 N–H and O–H groups in total. The van der Waals surface area contributed by atoms with Gasteiger partial charge in [-0.2, -0.15) is 0 Å². The minimum Gasteiger partial charge on any atom is -0.466 e. The lowest BCUT2D eigenvalue weighted by Crippen LogP contribution is -2.42. The molecule has 2 aliphatic rings. The average Bonchev–Trinajstić information content (AvgIpc) is 2.99. The highest BCUT2D eigenvalue weighted by molar-refractivity contribution is 7.89. The van der Waals surface area contributed by atoms with E-state index in [4.69, 9.17) is 9.47 Å². The summed E-state index contributed by atoms with van der Waals surface area (Å²) in [4.78, 5) is 39.9. The van der Waals surface area contributed by atoms with Crippen molar-refractivity contribution in [2.75, 3.05) is 33.3 Å². The molecule has 2 atom stereocenters. The molecule has 2 aromatic carbocycles. The number of nitrogens with one attached hydrogen (secondary N) is 2. The molecule has 0 bridgehead atoms. The molecule has 12 nitrogen and oxygen atoms in total. The molecular formula is C30H36N4O8S. The summed E-state index contributed by atoms with van der Waals surface area (Å²) < 4.78 is 38.5. The summed E-state index contributed by atoms with van der Waals surface area (Å²) in [6.45, 7) is 5.51. The van der Waals surface area contributed by atoms with Gasteiger partial charge in [0, 0.05) is 36.6 Å². The van der Waals surface area contributed by atoms with Crippen LogP contribution in [0.15, 0.2) is 82.0 Å². The zero-order chi connectivity index (χ0) is 31.1. The Morgan fingerprint density at radius 1 is 1.07 bits per heavy atom. The predicted molar refractivity (Wildman–Crippen MR) is 158 cm³/mol. The van der Waals surface area contributed by atoms with E-state index >= 15 is 0 Å². The number of hydrogen-bond acceptors (Lipinski definition) is 10. The fourth-order valence-corrected chi connectivity index (χ4v) is 6.61. The normalized spacial score (nSPS) is 19.5. The number of hydrogen-bond donors (Lipinski definition) is 2. The third-order valence-electron chi connectivity index (χ3n) is 7.53. The highest BCUT2D eigenvalue weighted by Gasteiger charge is 2.39. The SMILES string of the molecule is COC(=O)C1=C(C)NC(C)=C(C(=O)OC2CCCN(CCCNS(=O)(=O)c3ccccc3)C2)[C@H]1c1cccc([N+](=O)[O-])c1. The van der Waals surface area contributed by atoms with E-state index in [-0.39, 0.29) is 28.3 Å². The van der Waals surface area contributed by atoms with E-state index in [1.807, 2.05) is 0 Å². The summed E-state index contributed by atoms with van der Waals surface area (Å²) in [6, 6.07) is 14.0. The molecule has 0 spiro atoms. The molecule has 43 heavy (non-hydrogen) atoms. The zero-order valence-corrected chi connectivity index (χ0v) is 25.2. The molecule has 0 aromatic heterocycles. The standard InChI is InChI=1S/C30H36N4O8S/c1-20-26(29(35)41-3)28(22-10-7-11-23(18-22)34(37)38)27(21(2)32-20)30(36)42-24-12-8-16-33(19-24)17-9-15-31-43(39,40)25-13-5-4-6-14-25/h4-7,10-11,13-14,18,24,28,31-32H,8-9,12,15-17,19H2,1-3H3/t24?,28-/m0/s1. The second kappa shape index (κ2) is 13.9. The van der Waals surface area contributed by atoms with Crippen LogP contribution in [0.3, 0.4) is 0 Å². The first-order valence-corrected chi connectivity index (χ1v) is 15.5. The van der Waals surface area contributed by atoms with Crippen molar-refractivity contribution in [1.82, 2.24) is 14.9 Å². The van der Waals surface area contributed by atoms with Crippen molar-refractivity contribution in [2.45, 2.75) is 50.0 Å². The first-order valence-electron chi connectivity index (χ1n) is 14.0. The molecule has 2 heterocycles. The summed E-state index contributed by atoms with van der Waals surface area (Å²) >= 11 is 0. The summed E-state index contributed by atoms with van der Waals surface area (Å²) in [5.41, 5.74) is 1.53. The summed E-state index contributed by atoms with van der Waals surface area (Å²) in [5.74, 6) is -2.22. The van der Waals surface area contributed by atoms with Gasteiger partial charge in [0.25, 0.3) is 5.69 Å². The van der Waals surface area contributed by atoms with Crippen LogP contribution >= 0.6 is 0 Å². The monoisotopic (exact) mass is 612 g/mol. The quantitative estimate of drug-likeness (QED) is 0.167. The van der Waals surface area contributed by atoms with Gasteiger partial charge < -0.3 is 14.8 Å². The first-order chi connectivity index (χ1) is 20.5. The minimum absolute atomic E-state index is 0.169. The van der Waals surface area contributed by atoms with E-state index in [0.717, 1.165) is 13.0 Å². The molecule has 1 fully saturated rings. The van der Waals surface area contributed by atoms with E-state index in [1.54, 1.807) is 50.2 Å². The van der Waals surface area contributed by atoms with Crippen molar-refractivity contribution < 1.29 is 32.4 Å². The van der Waals surface area contributed by atoms with Crippen LogP contribution < -0.4 is 10.0 Å². The smallest absolute Gasteiger partial charge is 0.337 e. The van der Waals surface area contributed by atoms with E-state index in [2.05, 4.69) is 14.9 Å². The number of dihydropyridines is 1. The molecule has 4 rings (SSSR count). The Morgan fingerprint density at radius 2 is 1.77 bits per heavy atom. The number of nitro benzene ring substituents is 1. The molecule has 230 valence electrons. The fraction of sp³-hybridized carbons (Fsp3) is 0.400. The Morgan fingerprint density at radius 3 is 2.44 bits per heavy atom. The van der Waals surface area contributed by atoms with Crippen LogP contribution in [0.2, 0.25) is 0 Å². The van der Waals surface area contributed by atoms with Gasteiger partial charge in [-0.15, -0.1) is 0 Å². The van der Waals surface area contributed by atoms with Crippen LogP contribution in [0.4, 0.5) is 5.69 Å². The van der Waals surface area contributed by atoms with E-state index < -0.39 is 38.9 Å². The molecular weight excluding hydrogens is 576 g/mol. The van der Waals surface area contributed by atoms with Crippen molar-refractivity contribution in [3.8, 4) is 0 Å². The fourth-order valence-electron chi connectivity index (χ4n) is 5.52. The van der Waals surface area contributed by atoms with Gasteiger partial charge in [-0.1, -0.05) is 30.3 Å². The average molecular weight is 613 g/mol. The molecule has 0 aliphatic carbocycles. The number of sulfonamides is 1. The first kappa shape index (κ1) is 31.9. The lowest BCUT2D eigenvalue weighted by atomic mass is 9.80. The van der Waals surface area contributed by atoms with Crippen molar-refractivity contribution >= 4 is 27.6 Å². The van der Waals surface area contributed by atoms with Crippen molar-refractivity contribution in [3.63, 3.8) is 0 Å². The lowest BCUT2D eigenvalue weighted by Gasteiger charge is -2.34. The number of non-ortho nitro benzene ring substituents is 1. The number of rotatable bonds is 11. The molecule has 2 aliphatic heterocycles. The zero-order valence-electron chi connectivity index (χ0n) is 24.4. The maximum atomic E-state index is 13.7. The van der Waals surface area contributed by atoms with Gasteiger partial charge in [-0.3, -0.25) is 15.0 Å². The molecule has 0 saturated carbocycles. The van der Waals surface area contributed by atoms with Gasteiger partial charge in [-0.25, -0.2) is 22.7 Å². The number of benzene rings is 2. The Labute approximate surface area is 250 Å². The van der Waals surface area contributed by atoms with Crippen LogP contribution in [0, 0.1) is 10.1 Å². The van der Waals surface area contributed by atoms with Crippen molar-refractivity contribution in [1.29, 1.82) is 0 Å². The summed E-state index contributed by atoms with van der Waals surface area (Å²) in [5, 5.41) is 14.6. The van der Waals surface area contributed by atoms with Crippen LogP contribution in [0.5, 0.6) is 0 Å². The number of methoxy groups -OCH3 is 1. The number of carbonyl (C=O) groups is 2. The Kier molecular flexibility index (Phi) is 10.3. The van der Waals surface area contributed by atoms with Crippen molar-refractivity contribution in [3.05, 3.63) is 92.8 Å². The number of nitrogens with zero attached hydrogens (tertiary/aromatic N) is 2. The topological polar surface area (TPSA) is 157 Å². The molecule has 1 saturated heterocycles. The van der Waals surface area contributed by atoms with Crippen molar-refractivity contribution in [2.24, 2.45) is 0 Å². The lowest BCUT2D eigenvalue weighted by molar-refractivity contribution is -0.384. The molecule has 13 heteroatoms. The number of nitro groups is 1. The third kappa shape index (κ3) is 7.66. The molecule has 2 aromatic rings. The van der Waals surface area contributed by atoms with Gasteiger partial charge in [-0.05, 0) is 63.9 Å². The summed E-state index contributed by atoms with van der Waals surface area (Å²) in [6.07, 6.45) is 1.57. The maximum absolute atomic E-state index is 13.7. The van der Waals surface area contributed by atoms with Gasteiger partial charge in [0.1, 0.15) is 6.10 Å². The van der Waals surface area contributed by atoms with E-state index in [1.165, 1.54) is 25.3 Å². The van der Waals surface area contributed by atoms with Gasteiger partial charge >= 0.3 is 11.9 Å². The number of allylic oxidation sites excluding steroid dienone is 2. The highest BCUT2D eigenvalue weighted by Crippen LogP contribution is 2.40. The van der Waals surface area contributed by atoms with E-state index in [9.17, 15) is 28.1 Å². The Balaban J connectivity index is 1.44.